The first kappa shape index (κ1) is 18.8. The van der Waals surface area contributed by atoms with E-state index in [-0.39, 0.29) is 11.5 Å². The van der Waals surface area contributed by atoms with E-state index >= 15 is 0 Å². The molecular formula is C23H31NO2. The van der Waals surface area contributed by atoms with Gasteiger partial charge in [0.25, 0.3) is 0 Å². The van der Waals surface area contributed by atoms with Crippen molar-refractivity contribution in [2.45, 2.75) is 52.5 Å². The van der Waals surface area contributed by atoms with Gasteiger partial charge in [-0.2, -0.15) is 0 Å². The van der Waals surface area contributed by atoms with E-state index in [2.05, 4.69) is 63.3 Å². The summed E-state index contributed by atoms with van der Waals surface area (Å²) in [6, 6.07) is 11.2. The van der Waals surface area contributed by atoms with Gasteiger partial charge < -0.3 is 14.8 Å². The predicted octanol–water partition coefficient (Wildman–Crippen LogP) is 4.93. The Morgan fingerprint density at radius 3 is 2.54 bits per heavy atom. The fourth-order valence-corrected chi connectivity index (χ4v) is 3.84. The molecule has 0 fully saturated rings. The molecule has 2 aromatic rings. The number of nitrogens with one attached hydrogen (secondary N) is 1. The van der Waals surface area contributed by atoms with Crippen molar-refractivity contribution in [3.8, 4) is 11.5 Å². The van der Waals surface area contributed by atoms with E-state index < -0.39 is 0 Å². The van der Waals surface area contributed by atoms with Crippen LogP contribution in [0.4, 0.5) is 0 Å². The number of aryl methyl sites for hydroxylation is 1. The summed E-state index contributed by atoms with van der Waals surface area (Å²) in [6.07, 6.45) is 1.04. The minimum Gasteiger partial charge on any atom is -0.496 e. The van der Waals surface area contributed by atoms with Gasteiger partial charge in [0, 0.05) is 6.54 Å². The third-order valence-electron chi connectivity index (χ3n) is 5.19. The van der Waals surface area contributed by atoms with E-state index in [0.29, 0.717) is 6.61 Å². The molecule has 3 heteroatoms. The Labute approximate surface area is 157 Å². The van der Waals surface area contributed by atoms with Crippen molar-refractivity contribution in [1.29, 1.82) is 0 Å². The average molecular weight is 354 g/mol. The smallest absolute Gasteiger partial charge is 0.122 e. The number of hydrogen-bond donors (Lipinski definition) is 1. The quantitative estimate of drug-likeness (QED) is 0.845. The molecule has 0 aliphatic carbocycles. The minimum absolute atomic E-state index is 0.0319. The van der Waals surface area contributed by atoms with Gasteiger partial charge in [0.05, 0.1) is 19.8 Å². The van der Waals surface area contributed by atoms with Crippen molar-refractivity contribution in [2.75, 3.05) is 20.3 Å². The van der Waals surface area contributed by atoms with Crippen LogP contribution in [-0.4, -0.2) is 20.3 Å². The molecule has 1 N–H and O–H groups in total. The first-order chi connectivity index (χ1) is 12.3. The lowest BCUT2D eigenvalue weighted by molar-refractivity contribution is 0.339. The van der Waals surface area contributed by atoms with E-state index in [1.807, 2.05) is 6.92 Å². The molecule has 1 atom stereocenters. The maximum absolute atomic E-state index is 5.69. The molecule has 0 radical (unpaired) electrons. The Balaban J connectivity index is 2.08. The summed E-state index contributed by atoms with van der Waals surface area (Å²) in [7, 11) is 1.76. The van der Waals surface area contributed by atoms with Gasteiger partial charge in [0.1, 0.15) is 11.5 Å². The highest BCUT2D eigenvalue weighted by Gasteiger charge is 2.27. The van der Waals surface area contributed by atoms with Crippen LogP contribution in [0.25, 0.3) is 0 Å². The molecule has 1 aliphatic rings. The van der Waals surface area contributed by atoms with Gasteiger partial charge in [-0.15, -0.1) is 0 Å². The summed E-state index contributed by atoms with van der Waals surface area (Å²) in [5, 5.41) is 3.72. The Morgan fingerprint density at radius 2 is 1.88 bits per heavy atom. The van der Waals surface area contributed by atoms with Crippen molar-refractivity contribution < 1.29 is 9.47 Å². The summed E-state index contributed by atoms with van der Waals surface area (Å²) in [6.45, 7) is 12.6. The molecule has 0 aromatic heterocycles. The van der Waals surface area contributed by atoms with E-state index in [1.165, 1.54) is 27.8 Å². The second kappa shape index (κ2) is 7.32. The molecule has 3 rings (SSSR count). The van der Waals surface area contributed by atoms with Gasteiger partial charge in [-0.05, 0) is 77.8 Å². The van der Waals surface area contributed by atoms with Gasteiger partial charge >= 0.3 is 0 Å². The molecule has 1 aliphatic heterocycles. The van der Waals surface area contributed by atoms with Gasteiger partial charge in [0.15, 0.2) is 0 Å². The van der Waals surface area contributed by atoms with Crippen LogP contribution in [0.1, 0.15) is 61.6 Å². The highest BCUT2D eigenvalue weighted by Crippen LogP contribution is 2.39. The molecule has 0 bridgehead atoms. The second-order valence-electron chi connectivity index (χ2n) is 8.09. The Bertz CT molecular complexity index is 790. The molecule has 2 aromatic carbocycles. The molecule has 3 nitrogen and oxygen atoms in total. The molecule has 0 saturated carbocycles. The zero-order valence-corrected chi connectivity index (χ0v) is 16.9. The molecule has 1 unspecified atom stereocenters. The molecule has 0 saturated heterocycles. The summed E-state index contributed by atoms with van der Waals surface area (Å²) in [5.74, 6) is 1.94. The number of ether oxygens (including phenoxy) is 2. The number of methoxy groups -OCH3 is 1. The summed E-state index contributed by atoms with van der Waals surface area (Å²) in [5.41, 5.74) is 6.61. The molecule has 1 heterocycles. The van der Waals surface area contributed by atoms with Crippen molar-refractivity contribution in [1.82, 2.24) is 5.32 Å². The Hall–Kier alpha value is -2.00. The first-order valence-corrected chi connectivity index (χ1v) is 9.53. The minimum atomic E-state index is 0.0319. The number of rotatable bonds is 4. The van der Waals surface area contributed by atoms with Crippen LogP contribution in [0, 0.1) is 6.92 Å². The van der Waals surface area contributed by atoms with Crippen LogP contribution < -0.4 is 14.8 Å². The van der Waals surface area contributed by atoms with Crippen molar-refractivity contribution >= 4 is 0 Å². The van der Waals surface area contributed by atoms with E-state index in [9.17, 15) is 0 Å². The molecule has 0 amide bonds. The van der Waals surface area contributed by atoms with Crippen LogP contribution in [-0.2, 0) is 11.8 Å². The van der Waals surface area contributed by atoms with Gasteiger partial charge in [-0.3, -0.25) is 0 Å². The molecule has 0 spiro atoms. The van der Waals surface area contributed by atoms with Crippen LogP contribution in [0.5, 0.6) is 11.5 Å². The lowest BCUT2D eigenvalue weighted by Gasteiger charge is -2.31. The van der Waals surface area contributed by atoms with Crippen molar-refractivity contribution in [2.24, 2.45) is 0 Å². The monoisotopic (exact) mass is 353 g/mol. The maximum Gasteiger partial charge on any atom is 0.122 e. The van der Waals surface area contributed by atoms with Crippen LogP contribution >= 0.6 is 0 Å². The van der Waals surface area contributed by atoms with Crippen molar-refractivity contribution in [3.63, 3.8) is 0 Å². The summed E-state index contributed by atoms with van der Waals surface area (Å²) in [4.78, 5) is 0. The number of hydrogen-bond acceptors (Lipinski definition) is 3. The zero-order chi connectivity index (χ0) is 18.9. The van der Waals surface area contributed by atoms with Crippen LogP contribution in [0.2, 0.25) is 0 Å². The van der Waals surface area contributed by atoms with Gasteiger partial charge in [-0.25, -0.2) is 0 Å². The molecule has 140 valence electrons. The standard InChI is InChI=1S/C23H31NO2/c1-7-26-17-8-9-18-16(13-17)10-11-24-22(18)19-14-20(23(3,4)5)21(25-6)12-15(19)2/h8-9,12-14,22,24H,7,10-11H2,1-6H3. The summed E-state index contributed by atoms with van der Waals surface area (Å²) >= 11 is 0. The lowest BCUT2D eigenvalue weighted by atomic mass is 9.81. The molecular weight excluding hydrogens is 322 g/mol. The van der Waals surface area contributed by atoms with Crippen LogP contribution in [0.3, 0.4) is 0 Å². The summed E-state index contributed by atoms with van der Waals surface area (Å²) < 4.78 is 11.4. The first-order valence-electron chi connectivity index (χ1n) is 9.53. The number of fused-ring (bicyclic) bond motifs is 1. The fraction of sp³-hybridized carbons (Fsp3) is 0.478. The van der Waals surface area contributed by atoms with E-state index in [0.717, 1.165) is 24.5 Å². The van der Waals surface area contributed by atoms with Gasteiger partial charge in [-0.1, -0.05) is 26.8 Å². The van der Waals surface area contributed by atoms with Crippen LogP contribution in [0.15, 0.2) is 30.3 Å². The maximum atomic E-state index is 5.69. The van der Waals surface area contributed by atoms with E-state index in [1.54, 1.807) is 7.11 Å². The highest BCUT2D eigenvalue weighted by molar-refractivity contribution is 5.51. The topological polar surface area (TPSA) is 30.5 Å². The predicted molar refractivity (Wildman–Crippen MR) is 108 cm³/mol. The lowest BCUT2D eigenvalue weighted by Crippen LogP contribution is -2.31. The average Bonchev–Trinajstić information content (AvgIpc) is 2.60. The number of benzene rings is 2. The zero-order valence-electron chi connectivity index (χ0n) is 16.9. The van der Waals surface area contributed by atoms with E-state index in [4.69, 9.17) is 9.47 Å². The largest absolute Gasteiger partial charge is 0.496 e. The Morgan fingerprint density at radius 1 is 1.12 bits per heavy atom. The SMILES string of the molecule is CCOc1ccc2c(c1)CCNC2c1cc(C(C)(C)C)c(OC)cc1C. The second-order valence-corrected chi connectivity index (χ2v) is 8.09. The fourth-order valence-electron chi connectivity index (χ4n) is 3.84. The molecule has 26 heavy (non-hydrogen) atoms. The normalized spacial score (nSPS) is 16.9. The third kappa shape index (κ3) is 3.59. The third-order valence-corrected chi connectivity index (χ3v) is 5.19. The van der Waals surface area contributed by atoms with Crippen molar-refractivity contribution in [3.05, 3.63) is 58.1 Å². The highest BCUT2D eigenvalue weighted by atomic mass is 16.5. The Kier molecular flexibility index (Phi) is 5.29. The van der Waals surface area contributed by atoms with Gasteiger partial charge in [0.2, 0.25) is 0 Å².